The van der Waals surface area contributed by atoms with Crippen molar-refractivity contribution in [1.82, 2.24) is 15.1 Å². The highest BCUT2D eigenvalue weighted by Crippen LogP contribution is 2.30. The van der Waals surface area contributed by atoms with Crippen LogP contribution in [0.15, 0.2) is 35.1 Å². The molecule has 2 aromatic rings. The Hall–Kier alpha value is -3.17. The Bertz CT molecular complexity index is 981. The third kappa shape index (κ3) is 4.56. The number of ether oxygens (including phenoxy) is 1. The molecule has 0 spiro atoms. The zero-order valence-electron chi connectivity index (χ0n) is 14.7. The van der Waals surface area contributed by atoms with E-state index in [0.29, 0.717) is 0 Å². The van der Waals surface area contributed by atoms with E-state index in [-0.39, 0.29) is 17.4 Å². The minimum atomic E-state index is -4.56. The smallest absolute Gasteiger partial charge is 0.416 e. The number of halogens is 3. The van der Waals surface area contributed by atoms with Gasteiger partial charge >= 0.3 is 12.1 Å². The summed E-state index contributed by atoms with van der Waals surface area (Å²) in [6, 6.07) is 5.45. The number of esters is 1. The Kier molecular flexibility index (Phi) is 5.21. The van der Waals surface area contributed by atoms with E-state index in [4.69, 9.17) is 4.74 Å². The molecule has 1 saturated carbocycles. The van der Waals surface area contributed by atoms with Gasteiger partial charge < -0.3 is 10.1 Å². The third-order valence-corrected chi connectivity index (χ3v) is 4.00. The zero-order valence-corrected chi connectivity index (χ0v) is 14.7. The summed E-state index contributed by atoms with van der Waals surface area (Å²) in [4.78, 5) is 35.8. The quantitative estimate of drug-likeness (QED) is 0.782. The van der Waals surface area contributed by atoms with Gasteiger partial charge in [0.15, 0.2) is 6.61 Å². The largest absolute Gasteiger partial charge is 0.451 e. The van der Waals surface area contributed by atoms with Crippen molar-refractivity contribution in [1.29, 1.82) is 0 Å². The molecule has 0 saturated heterocycles. The first-order valence-corrected chi connectivity index (χ1v) is 8.40. The van der Waals surface area contributed by atoms with Gasteiger partial charge in [-0.2, -0.15) is 18.3 Å². The van der Waals surface area contributed by atoms with Gasteiger partial charge in [0.05, 0.1) is 11.3 Å². The van der Waals surface area contributed by atoms with E-state index in [1.54, 1.807) is 0 Å². The number of hydrogen-bond acceptors (Lipinski definition) is 5. The molecule has 0 unspecified atom stereocenters. The van der Waals surface area contributed by atoms with E-state index in [2.05, 4.69) is 10.4 Å². The van der Waals surface area contributed by atoms with E-state index >= 15 is 0 Å². The molecule has 10 heteroatoms. The molecule has 1 aromatic heterocycles. The standard InChI is InChI=1S/C18H16F3N3O4/c1-10-7-14(25)16(17(27)28-9-15(26)22-12-5-6-12)23-24(10)13-4-2-3-11(8-13)18(19,20)21/h2-4,7-8,12H,5-6,9H2,1H3,(H,22,26). The maximum absolute atomic E-state index is 12.9. The lowest BCUT2D eigenvalue weighted by Crippen LogP contribution is -2.32. The van der Waals surface area contributed by atoms with Crippen LogP contribution in [0.2, 0.25) is 0 Å². The Balaban J connectivity index is 1.85. The summed E-state index contributed by atoms with van der Waals surface area (Å²) >= 11 is 0. The lowest BCUT2D eigenvalue weighted by atomic mass is 10.2. The molecular weight excluding hydrogens is 379 g/mol. The molecule has 1 N–H and O–H groups in total. The molecule has 1 aromatic carbocycles. The summed E-state index contributed by atoms with van der Waals surface area (Å²) in [5.74, 6) is -1.63. The van der Waals surface area contributed by atoms with Crippen molar-refractivity contribution in [3.8, 4) is 5.69 Å². The van der Waals surface area contributed by atoms with Gasteiger partial charge in [-0.05, 0) is 38.0 Å². The van der Waals surface area contributed by atoms with Gasteiger partial charge in [-0.15, -0.1) is 0 Å². The first kappa shape index (κ1) is 19.6. The predicted octanol–water partition coefficient (Wildman–Crippen LogP) is 2.00. The van der Waals surface area contributed by atoms with Crippen LogP contribution in [0.1, 0.15) is 34.6 Å². The van der Waals surface area contributed by atoms with Crippen LogP contribution in [-0.2, 0) is 15.7 Å². The molecule has 7 nitrogen and oxygen atoms in total. The lowest BCUT2D eigenvalue weighted by molar-refractivity contribution is -0.137. The average Bonchev–Trinajstić information content (AvgIpc) is 3.43. The van der Waals surface area contributed by atoms with Crippen molar-refractivity contribution in [2.75, 3.05) is 6.61 Å². The molecule has 0 radical (unpaired) electrons. The molecule has 0 atom stereocenters. The highest BCUT2D eigenvalue weighted by molar-refractivity contribution is 5.89. The SMILES string of the molecule is Cc1cc(=O)c(C(=O)OCC(=O)NC2CC2)nn1-c1cccc(C(F)(F)F)c1. The van der Waals surface area contributed by atoms with Crippen molar-refractivity contribution in [2.45, 2.75) is 32.0 Å². The molecule has 1 aliphatic carbocycles. The second-order valence-corrected chi connectivity index (χ2v) is 6.38. The van der Waals surface area contributed by atoms with Gasteiger partial charge in [0.25, 0.3) is 5.91 Å². The van der Waals surface area contributed by atoms with Crippen molar-refractivity contribution in [2.24, 2.45) is 0 Å². The molecular formula is C18H16F3N3O4. The summed E-state index contributed by atoms with van der Waals surface area (Å²) in [6.45, 7) is 0.890. The van der Waals surface area contributed by atoms with Crippen LogP contribution in [-0.4, -0.2) is 34.3 Å². The van der Waals surface area contributed by atoms with Gasteiger partial charge in [0.2, 0.25) is 11.1 Å². The second kappa shape index (κ2) is 7.45. The Labute approximate surface area is 157 Å². The van der Waals surface area contributed by atoms with Crippen LogP contribution < -0.4 is 10.7 Å². The molecule has 1 fully saturated rings. The number of amides is 1. The number of aryl methyl sites for hydroxylation is 1. The van der Waals surface area contributed by atoms with E-state index in [1.165, 1.54) is 19.1 Å². The van der Waals surface area contributed by atoms with Crippen LogP contribution in [0.25, 0.3) is 5.69 Å². The monoisotopic (exact) mass is 395 g/mol. The van der Waals surface area contributed by atoms with E-state index in [0.717, 1.165) is 35.7 Å². The normalized spacial score (nSPS) is 13.9. The molecule has 148 valence electrons. The number of benzene rings is 1. The van der Waals surface area contributed by atoms with Crippen molar-refractivity contribution < 1.29 is 27.5 Å². The van der Waals surface area contributed by atoms with Gasteiger partial charge in [0.1, 0.15) is 0 Å². The minimum Gasteiger partial charge on any atom is -0.451 e. The number of nitrogens with one attached hydrogen (secondary N) is 1. The lowest BCUT2D eigenvalue weighted by Gasteiger charge is -2.13. The number of carbonyl (C=O) groups excluding carboxylic acids is 2. The zero-order chi connectivity index (χ0) is 20.5. The van der Waals surface area contributed by atoms with Crippen LogP contribution in [0.3, 0.4) is 0 Å². The molecule has 0 aliphatic heterocycles. The van der Waals surface area contributed by atoms with Crippen LogP contribution >= 0.6 is 0 Å². The maximum Gasteiger partial charge on any atom is 0.416 e. The van der Waals surface area contributed by atoms with E-state index in [9.17, 15) is 27.6 Å². The fourth-order valence-corrected chi connectivity index (χ4v) is 2.46. The highest BCUT2D eigenvalue weighted by Gasteiger charge is 2.31. The van der Waals surface area contributed by atoms with Crippen molar-refractivity contribution >= 4 is 11.9 Å². The molecule has 1 aliphatic rings. The maximum atomic E-state index is 12.9. The van der Waals surface area contributed by atoms with Crippen molar-refractivity contribution in [3.05, 3.63) is 57.5 Å². The summed E-state index contributed by atoms with van der Waals surface area (Å²) < 4.78 is 44.6. The van der Waals surface area contributed by atoms with E-state index < -0.39 is 41.3 Å². The van der Waals surface area contributed by atoms with Gasteiger partial charge in [0, 0.05) is 17.8 Å². The Morgan fingerprint density at radius 3 is 2.64 bits per heavy atom. The predicted molar refractivity (Wildman–Crippen MR) is 91.0 cm³/mol. The number of alkyl halides is 3. The summed E-state index contributed by atoms with van der Waals surface area (Å²) in [5.41, 5.74) is -2.03. The fourth-order valence-electron chi connectivity index (χ4n) is 2.46. The molecule has 28 heavy (non-hydrogen) atoms. The third-order valence-electron chi connectivity index (χ3n) is 4.00. The first-order chi connectivity index (χ1) is 13.1. The molecule has 1 amide bonds. The number of carbonyl (C=O) groups is 2. The molecule has 1 heterocycles. The second-order valence-electron chi connectivity index (χ2n) is 6.38. The van der Waals surface area contributed by atoms with Crippen molar-refractivity contribution in [3.63, 3.8) is 0 Å². The minimum absolute atomic E-state index is 0.0212. The van der Waals surface area contributed by atoms with Crippen LogP contribution in [0.5, 0.6) is 0 Å². The van der Waals surface area contributed by atoms with Gasteiger partial charge in [-0.25, -0.2) is 9.48 Å². The van der Waals surface area contributed by atoms with Crippen LogP contribution in [0.4, 0.5) is 13.2 Å². The molecule has 3 rings (SSSR count). The van der Waals surface area contributed by atoms with Crippen LogP contribution in [0, 0.1) is 6.92 Å². The highest BCUT2D eigenvalue weighted by atomic mass is 19.4. The Morgan fingerprint density at radius 2 is 2.00 bits per heavy atom. The summed E-state index contributed by atoms with van der Waals surface area (Å²) in [7, 11) is 0. The van der Waals surface area contributed by atoms with E-state index in [1.807, 2.05) is 0 Å². The molecule has 0 bridgehead atoms. The number of rotatable bonds is 5. The topological polar surface area (TPSA) is 90.3 Å². The Morgan fingerprint density at radius 1 is 1.29 bits per heavy atom. The van der Waals surface area contributed by atoms with Gasteiger partial charge in [-0.1, -0.05) is 6.07 Å². The summed E-state index contributed by atoms with van der Waals surface area (Å²) in [6.07, 6.45) is -2.83. The van der Waals surface area contributed by atoms with Gasteiger partial charge in [-0.3, -0.25) is 9.59 Å². The number of hydrogen-bond donors (Lipinski definition) is 1. The average molecular weight is 395 g/mol. The fraction of sp³-hybridized carbons (Fsp3) is 0.333. The summed E-state index contributed by atoms with van der Waals surface area (Å²) in [5, 5.41) is 6.46. The number of aromatic nitrogens is 2. The number of nitrogens with zero attached hydrogens (tertiary/aromatic N) is 2. The first-order valence-electron chi connectivity index (χ1n) is 8.40.